The van der Waals surface area contributed by atoms with E-state index >= 15 is 0 Å². The lowest BCUT2D eigenvalue weighted by molar-refractivity contribution is -0.137. The van der Waals surface area contributed by atoms with Crippen molar-refractivity contribution in [2.75, 3.05) is 19.5 Å². The number of hydrogen-bond donors (Lipinski definition) is 0. The summed E-state index contributed by atoms with van der Waals surface area (Å²) in [5.74, 6) is 0.604. The Bertz CT molecular complexity index is 1310. The lowest BCUT2D eigenvalue weighted by Crippen LogP contribution is -2.19. The maximum Gasteiger partial charge on any atom is 0.420 e. The molecule has 4 aromatic rings. The molecule has 0 spiro atoms. The number of fused-ring (bicyclic) bond motifs is 3. The van der Waals surface area contributed by atoms with Gasteiger partial charge in [-0.25, -0.2) is 19.2 Å². The molecule has 0 aromatic carbocycles. The number of halogens is 3. The van der Waals surface area contributed by atoms with Crippen molar-refractivity contribution in [3.63, 3.8) is 0 Å². The molecule has 8 nitrogen and oxygen atoms in total. The van der Waals surface area contributed by atoms with Crippen LogP contribution < -0.4 is 4.74 Å². The Balaban J connectivity index is 1.81. The van der Waals surface area contributed by atoms with Gasteiger partial charge in [0.15, 0.2) is 17.0 Å². The third-order valence-corrected chi connectivity index (χ3v) is 6.03. The predicted molar refractivity (Wildman–Crippen MR) is 116 cm³/mol. The van der Waals surface area contributed by atoms with E-state index in [1.807, 2.05) is 6.92 Å². The fourth-order valence-corrected chi connectivity index (χ4v) is 4.34. The molecule has 5 rings (SSSR count). The van der Waals surface area contributed by atoms with Gasteiger partial charge in [-0.2, -0.15) is 18.3 Å². The van der Waals surface area contributed by atoms with E-state index in [9.17, 15) is 13.2 Å². The summed E-state index contributed by atoms with van der Waals surface area (Å²) in [7, 11) is 0. The second-order valence-electron chi connectivity index (χ2n) is 7.56. The zero-order valence-electron chi connectivity index (χ0n) is 18.0. The van der Waals surface area contributed by atoms with Crippen molar-refractivity contribution < 1.29 is 22.6 Å². The Morgan fingerprint density at radius 2 is 2.06 bits per heavy atom. The van der Waals surface area contributed by atoms with Gasteiger partial charge in [0.1, 0.15) is 22.7 Å². The van der Waals surface area contributed by atoms with Crippen molar-refractivity contribution >= 4 is 28.3 Å². The average molecular weight is 479 g/mol. The minimum absolute atomic E-state index is 0.100. The number of nitrogens with zero attached hydrogens (tertiary/aromatic N) is 6. The minimum atomic E-state index is -4.64. The van der Waals surface area contributed by atoms with E-state index in [0.717, 1.165) is 30.8 Å². The van der Waals surface area contributed by atoms with Gasteiger partial charge in [-0.3, -0.25) is 0 Å². The van der Waals surface area contributed by atoms with Crippen molar-refractivity contribution in [2.24, 2.45) is 0 Å². The maximum atomic E-state index is 13.9. The van der Waals surface area contributed by atoms with Crippen LogP contribution in [0.1, 0.15) is 38.0 Å². The summed E-state index contributed by atoms with van der Waals surface area (Å²) in [5.41, 5.74) is -0.0822. The van der Waals surface area contributed by atoms with Crippen molar-refractivity contribution in [3.8, 4) is 17.1 Å². The van der Waals surface area contributed by atoms with Crippen LogP contribution in [-0.4, -0.2) is 48.8 Å². The summed E-state index contributed by atoms with van der Waals surface area (Å²) in [5, 5.41) is 9.93. The first-order chi connectivity index (χ1) is 15.9. The molecule has 0 radical (unpaired) electrons. The maximum absolute atomic E-state index is 13.9. The molecule has 4 aromatic heterocycles. The van der Waals surface area contributed by atoms with Gasteiger partial charge in [0.25, 0.3) is 0 Å². The van der Waals surface area contributed by atoms with Crippen molar-refractivity contribution in [1.82, 2.24) is 29.4 Å². The molecule has 1 unspecified atom stereocenters. The molecule has 33 heavy (non-hydrogen) atoms. The van der Waals surface area contributed by atoms with E-state index < -0.39 is 18.0 Å². The fourth-order valence-electron chi connectivity index (χ4n) is 4.00. The van der Waals surface area contributed by atoms with Gasteiger partial charge < -0.3 is 9.47 Å². The first kappa shape index (κ1) is 22.0. The molecular weight excluding hydrogens is 457 g/mol. The lowest BCUT2D eigenvalue weighted by Gasteiger charge is -2.22. The third kappa shape index (κ3) is 3.90. The quantitative estimate of drug-likeness (QED) is 0.296. The van der Waals surface area contributed by atoms with Crippen LogP contribution in [0.4, 0.5) is 13.2 Å². The number of hydrogen-bond acceptors (Lipinski definition) is 7. The Morgan fingerprint density at radius 1 is 1.21 bits per heavy atom. The second-order valence-corrected chi connectivity index (χ2v) is 8.33. The van der Waals surface area contributed by atoms with Crippen molar-refractivity contribution in [2.45, 2.75) is 43.7 Å². The highest BCUT2D eigenvalue weighted by Gasteiger charge is 2.38. The number of ether oxygens (including phenoxy) is 2. The third-order valence-electron chi connectivity index (χ3n) is 5.46. The highest BCUT2D eigenvalue weighted by Crippen LogP contribution is 2.40. The molecule has 0 aliphatic carbocycles. The first-order valence-corrected chi connectivity index (χ1v) is 11.8. The fraction of sp³-hybridized carbons (Fsp3) is 0.429. The molecule has 1 aliphatic rings. The van der Waals surface area contributed by atoms with Crippen molar-refractivity contribution in [1.29, 1.82) is 0 Å². The molecule has 5 heterocycles. The van der Waals surface area contributed by atoms with E-state index in [1.54, 1.807) is 33.8 Å². The van der Waals surface area contributed by atoms with E-state index in [2.05, 4.69) is 20.2 Å². The van der Waals surface area contributed by atoms with Crippen LogP contribution in [-0.2, 0) is 10.9 Å². The standard InChI is InChI=1S/C21H21F3N6O2S/c1-3-31-12-7-8-14-16-18(17-13(21(22,23)24)10-25-20(26-17)33-2)27-30(15-6-4-5-9-32-15)19(16)28-29(14)11-12/h7-8,10-11,15H,3-6,9H2,1-2H3. The first-order valence-electron chi connectivity index (χ1n) is 10.5. The van der Waals surface area contributed by atoms with Crippen LogP contribution in [0.15, 0.2) is 29.7 Å². The summed E-state index contributed by atoms with van der Waals surface area (Å²) in [6.45, 7) is 2.91. The molecule has 1 aliphatic heterocycles. The van der Waals surface area contributed by atoms with E-state index in [1.165, 1.54) is 0 Å². The molecule has 0 amide bonds. The summed E-state index contributed by atoms with van der Waals surface area (Å²) < 4.78 is 56.4. The van der Waals surface area contributed by atoms with E-state index in [4.69, 9.17) is 9.47 Å². The van der Waals surface area contributed by atoms with Crippen LogP contribution in [0.5, 0.6) is 5.75 Å². The van der Waals surface area contributed by atoms with Gasteiger partial charge in [0.2, 0.25) is 0 Å². The van der Waals surface area contributed by atoms with Crippen LogP contribution >= 0.6 is 11.8 Å². The van der Waals surface area contributed by atoms with Gasteiger partial charge in [-0.1, -0.05) is 11.8 Å². The zero-order chi connectivity index (χ0) is 23.2. The highest BCUT2D eigenvalue weighted by molar-refractivity contribution is 7.98. The topological polar surface area (TPSA) is 79.4 Å². The smallest absolute Gasteiger partial charge is 0.420 e. The normalized spacial score (nSPS) is 17.2. The lowest BCUT2D eigenvalue weighted by atomic mass is 10.1. The Kier molecular flexibility index (Phi) is 5.65. The van der Waals surface area contributed by atoms with E-state index in [0.29, 0.717) is 41.9 Å². The van der Waals surface area contributed by atoms with Gasteiger partial charge in [-0.05, 0) is 44.6 Å². The molecule has 12 heteroatoms. The Morgan fingerprint density at radius 3 is 2.76 bits per heavy atom. The molecule has 1 atom stereocenters. The monoisotopic (exact) mass is 478 g/mol. The Hall–Kier alpha value is -2.86. The number of thioether (sulfide) groups is 1. The SMILES string of the molecule is CCOc1ccc2c3c(-c4nc(SC)ncc4C(F)(F)F)nn(C4CCCCO4)c3nn2c1. The molecule has 0 saturated carbocycles. The summed E-state index contributed by atoms with van der Waals surface area (Å²) in [6, 6.07) is 3.53. The molecule has 174 valence electrons. The Labute approximate surface area is 191 Å². The van der Waals surface area contributed by atoms with E-state index in [-0.39, 0.29) is 16.5 Å². The van der Waals surface area contributed by atoms with Crippen molar-refractivity contribution in [3.05, 3.63) is 30.1 Å². The molecule has 1 fully saturated rings. The van der Waals surface area contributed by atoms with Crippen LogP contribution in [0.2, 0.25) is 0 Å². The number of aromatic nitrogens is 6. The molecule has 0 N–H and O–H groups in total. The zero-order valence-corrected chi connectivity index (χ0v) is 18.8. The molecule has 0 bridgehead atoms. The predicted octanol–water partition coefficient (Wildman–Crippen LogP) is 4.98. The van der Waals surface area contributed by atoms with Gasteiger partial charge in [0.05, 0.1) is 23.7 Å². The molecule has 1 saturated heterocycles. The summed E-state index contributed by atoms with van der Waals surface area (Å²) in [4.78, 5) is 8.07. The van der Waals surface area contributed by atoms with Gasteiger partial charge in [-0.15, -0.1) is 5.10 Å². The van der Waals surface area contributed by atoms with Crippen LogP contribution in [0, 0.1) is 0 Å². The summed E-state index contributed by atoms with van der Waals surface area (Å²) >= 11 is 1.16. The van der Waals surface area contributed by atoms with Gasteiger partial charge in [0, 0.05) is 12.8 Å². The van der Waals surface area contributed by atoms with Crippen LogP contribution in [0.25, 0.3) is 27.9 Å². The second kappa shape index (κ2) is 8.49. The average Bonchev–Trinajstić information content (AvgIpc) is 3.35. The van der Waals surface area contributed by atoms with Crippen LogP contribution in [0.3, 0.4) is 0 Å². The minimum Gasteiger partial charge on any atom is -0.492 e. The molecular formula is C21H21F3N6O2S. The number of rotatable bonds is 5. The highest BCUT2D eigenvalue weighted by atomic mass is 32.2. The number of pyridine rings is 1. The largest absolute Gasteiger partial charge is 0.492 e. The number of alkyl halides is 3. The van der Waals surface area contributed by atoms with Gasteiger partial charge >= 0.3 is 6.18 Å². The summed E-state index contributed by atoms with van der Waals surface area (Å²) in [6.07, 6.45) is 1.72.